The summed E-state index contributed by atoms with van der Waals surface area (Å²) in [4.78, 5) is 34.5. The van der Waals surface area contributed by atoms with Crippen molar-refractivity contribution in [3.05, 3.63) is 59.4 Å². The van der Waals surface area contributed by atoms with Gasteiger partial charge in [0.2, 0.25) is 0 Å². The fourth-order valence-electron chi connectivity index (χ4n) is 5.51. The molecule has 1 N–H and O–H groups in total. The van der Waals surface area contributed by atoms with Crippen LogP contribution in [0.4, 0.5) is 10.5 Å². The largest absolute Gasteiger partial charge is 0.465 e. The standard InChI is InChI=1S/C25H30N4O3/c30-23(20-2-1-19-5-12-29(24(31)32)18-21(19)17-20)28-15-8-25(9-16-28)6-13-27(14-7-25)22-3-10-26-11-4-22/h1-4,10-11,17H,5-9,12-16,18H2,(H,31,32). The molecule has 1 aromatic carbocycles. The quantitative estimate of drug-likeness (QED) is 0.781. The number of nitrogens with zero attached hydrogens (tertiary/aromatic N) is 4. The van der Waals surface area contributed by atoms with E-state index in [1.54, 1.807) is 0 Å². The van der Waals surface area contributed by atoms with Gasteiger partial charge in [-0.25, -0.2) is 4.79 Å². The third kappa shape index (κ3) is 4.04. The number of piperidine rings is 2. The molecule has 2 aromatic rings. The number of hydrogen-bond acceptors (Lipinski definition) is 4. The zero-order valence-electron chi connectivity index (χ0n) is 18.4. The van der Waals surface area contributed by atoms with Crippen molar-refractivity contribution in [1.29, 1.82) is 0 Å². The molecule has 0 saturated carbocycles. The highest BCUT2D eigenvalue weighted by Gasteiger charge is 2.38. The molecule has 168 valence electrons. The summed E-state index contributed by atoms with van der Waals surface area (Å²) in [5.41, 5.74) is 4.38. The van der Waals surface area contributed by atoms with Gasteiger partial charge in [0.25, 0.3) is 5.91 Å². The van der Waals surface area contributed by atoms with Gasteiger partial charge in [-0.15, -0.1) is 0 Å². The van der Waals surface area contributed by atoms with Gasteiger partial charge in [-0.3, -0.25) is 9.78 Å². The number of anilines is 1. The van der Waals surface area contributed by atoms with Crippen LogP contribution in [0.5, 0.6) is 0 Å². The van der Waals surface area contributed by atoms with E-state index in [-0.39, 0.29) is 5.91 Å². The van der Waals surface area contributed by atoms with Crippen LogP contribution in [0, 0.1) is 5.41 Å². The van der Waals surface area contributed by atoms with E-state index >= 15 is 0 Å². The fraction of sp³-hybridized carbons (Fsp3) is 0.480. The van der Waals surface area contributed by atoms with Crippen molar-refractivity contribution in [2.45, 2.75) is 38.6 Å². The lowest BCUT2D eigenvalue weighted by Crippen LogP contribution is -2.48. The highest BCUT2D eigenvalue weighted by Crippen LogP contribution is 2.42. The third-order valence-corrected chi connectivity index (χ3v) is 7.70. The number of rotatable bonds is 2. The summed E-state index contributed by atoms with van der Waals surface area (Å²) < 4.78 is 0. The molecular formula is C25H30N4O3. The second-order valence-electron chi connectivity index (χ2n) is 9.42. The number of carboxylic acid groups (broad SMARTS) is 1. The van der Waals surface area contributed by atoms with Crippen molar-refractivity contribution < 1.29 is 14.7 Å². The van der Waals surface area contributed by atoms with Crippen LogP contribution in [0.15, 0.2) is 42.7 Å². The normalized spacial score (nSPS) is 20.2. The summed E-state index contributed by atoms with van der Waals surface area (Å²) in [7, 11) is 0. The first-order valence-corrected chi connectivity index (χ1v) is 11.6. The van der Waals surface area contributed by atoms with Crippen molar-refractivity contribution in [2.24, 2.45) is 5.41 Å². The molecule has 7 nitrogen and oxygen atoms in total. The van der Waals surface area contributed by atoms with Crippen LogP contribution < -0.4 is 4.90 Å². The Hall–Kier alpha value is -3.09. The van der Waals surface area contributed by atoms with Crippen LogP contribution in [-0.4, -0.2) is 64.6 Å². The van der Waals surface area contributed by atoms with Crippen LogP contribution in [-0.2, 0) is 13.0 Å². The molecule has 2 fully saturated rings. The SMILES string of the molecule is O=C(O)N1CCc2ccc(C(=O)N3CCC4(CC3)CCN(c3ccncc3)CC4)cc2C1. The highest BCUT2D eigenvalue weighted by molar-refractivity contribution is 5.94. The molecule has 2 amide bonds. The van der Waals surface area contributed by atoms with Crippen LogP contribution in [0.1, 0.15) is 47.2 Å². The van der Waals surface area contributed by atoms with Gasteiger partial charge in [0.15, 0.2) is 0 Å². The zero-order valence-corrected chi connectivity index (χ0v) is 18.4. The Morgan fingerprint density at radius 1 is 0.844 bits per heavy atom. The van der Waals surface area contributed by atoms with Gasteiger partial charge >= 0.3 is 6.09 Å². The third-order valence-electron chi connectivity index (χ3n) is 7.70. The van der Waals surface area contributed by atoms with Gasteiger partial charge in [-0.05, 0) is 72.9 Å². The summed E-state index contributed by atoms with van der Waals surface area (Å²) in [6.45, 7) is 4.59. The van der Waals surface area contributed by atoms with E-state index in [9.17, 15) is 14.7 Å². The van der Waals surface area contributed by atoms with Gasteiger partial charge in [-0.1, -0.05) is 6.07 Å². The number of likely N-dealkylation sites (tertiary alicyclic amines) is 1. The minimum atomic E-state index is -0.899. The Morgan fingerprint density at radius 2 is 1.53 bits per heavy atom. The lowest BCUT2D eigenvalue weighted by atomic mass is 9.71. The summed E-state index contributed by atoms with van der Waals surface area (Å²) in [5.74, 6) is 0.0734. The number of carbonyl (C=O) groups excluding carboxylic acids is 1. The highest BCUT2D eigenvalue weighted by atomic mass is 16.4. The zero-order chi connectivity index (χ0) is 22.1. The predicted molar refractivity (Wildman–Crippen MR) is 122 cm³/mol. The molecule has 4 heterocycles. The molecule has 32 heavy (non-hydrogen) atoms. The number of aromatic nitrogens is 1. The molecule has 7 heteroatoms. The van der Waals surface area contributed by atoms with Gasteiger partial charge in [-0.2, -0.15) is 0 Å². The Bertz CT molecular complexity index is 992. The number of fused-ring (bicyclic) bond motifs is 1. The minimum absolute atomic E-state index is 0.0734. The molecule has 0 radical (unpaired) electrons. The van der Waals surface area contributed by atoms with Gasteiger partial charge in [0.1, 0.15) is 0 Å². The van der Waals surface area contributed by atoms with Gasteiger partial charge in [0.05, 0.1) is 0 Å². The Balaban J connectivity index is 1.19. The number of pyridine rings is 1. The average molecular weight is 435 g/mol. The van der Waals surface area contributed by atoms with Gasteiger partial charge < -0.3 is 19.8 Å². The van der Waals surface area contributed by atoms with E-state index in [0.717, 1.165) is 50.1 Å². The molecule has 2 saturated heterocycles. The van der Waals surface area contributed by atoms with Gasteiger partial charge in [0, 0.05) is 62.9 Å². The number of hydrogen-bond donors (Lipinski definition) is 1. The summed E-state index contributed by atoms with van der Waals surface area (Å²) in [6.07, 6.45) is 7.96. The van der Waals surface area contributed by atoms with Crippen LogP contribution >= 0.6 is 0 Å². The first kappa shape index (κ1) is 20.8. The van der Waals surface area contributed by atoms with E-state index in [2.05, 4.69) is 22.0 Å². The number of carbonyl (C=O) groups is 2. The number of benzene rings is 1. The first-order chi connectivity index (χ1) is 15.5. The Labute approximate surface area is 188 Å². The van der Waals surface area contributed by atoms with Crippen LogP contribution in [0.25, 0.3) is 0 Å². The van der Waals surface area contributed by atoms with Crippen molar-refractivity contribution in [1.82, 2.24) is 14.8 Å². The summed E-state index contributed by atoms with van der Waals surface area (Å²) in [5, 5.41) is 9.29. The number of amides is 2. The molecule has 3 aliphatic rings. The Morgan fingerprint density at radius 3 is 2.22 bits per heavy atom. The fourth-order valence-corrected chi connectivity index (χ4v) is 5.51. The van der Waals surface area contributed by atoms with E-state index in [1.165, 1.54) is 23.4 Å². The van der Waals surface area contributed by atoms with Crippen molar-refractivity contribution in [2.75, 3.05) is 37.6 Å². The molecule has 1 spiro atoms. The smallest absolute Gasteiger partial charge is 0.407 e. The molecule has 0 aliphatic carbocycles. The predicted octanol–water partition coefficient (Wildman–Crippen LogP) is 3.64. The molecule has 3 aliphatic heterocycles. The van der Waals surface area contributed by atoms with E-state index < -0.39 is 6.09 Å². The van der Waals surface area contributed by atoms with Crippen LogP contribution in [0.2, 0.25) is 0 Å². The van der Waals surface area contributed by atoms with Crippen molar-refractivity contribution in [3.63, 3.8) is 0 Å². The monoisotopic (exact) mass is 434 g/mol. The van der Waals surface area contributed by atoms with Crippen molar-refractivity contribution >= 4 is 17.7 Å². The molecule has 5 rings (SSSR count). The van der Waals surface area contributed by atoms with E-state index in [4.69, 9.17) is 0 Å². The summed E-state index contributed by atoms with van der Waals surface area (Å²) >= 11 is 0. The maximum absolute atomic E-state index is 13.2. The first-order valence-electron chi connectivity index (χ1n) is 11.6. The second-order valence-corrected chi connectivity index (χ2v) is 9.42. The molecule has 1 aromatic heterocycles. The topological polar surface area (TPSA) is 77.0 Å². The molecule has 0 atom stereocenters. The average Bonchev–Trinajstić information content (AvgIpc) is 2.84. The summed E-state index contributed by atoms with van der Waals surface area (Å²) in [6, 6.07) is 9.97. The second kappa shape index (κ2) is 8.45. The Kier molecular flexibility index (Phi) is 5.49. The lowest BCUT2D eigenvalue weighted by molar-refractivity contribution is 0.0515. The lowest BCUT2D eigenvalue weighted by Gasteiger charge is -2.47. The maximum Gasteiger partial charge on any atom is 0.407 e. The van der Waals surface area contributed by atoms with E-state index in [0.29, 0.717) is 30.5 Å². The molecule has 0 bridgehead atoms. The van der Waals surface area contributed by atoms with Crippen LogP contribution in [0.3, 0.4) is 0 Å². The molecular weight excluding hydrogens is 404 g/mol. The maximum atomic E-state index is 13.2. The minimum Gasteiger partial charge on any atom is -0.465 e. The van der Waals surface area contributed by atoms with Crippen molar-refractivity contribution in [3.8, 4) is 0 Å². The van der Waals surface area contributed by atoms with E-state index in [1.807, 2.05) is 35.5 Å². The molecule has 0 unspecified atom stereocenters.